The van der Waals surface area contributed by atoms with E-state index in [1.807, 2.05) is 6.07 Å². The monoisotopic (exact) mass is 502 g/mol. The van der Waals surface area contributed by atoms with E-state index < -0.39 is 0 Å². The minimum Gasteiger partial charge on any atom is -0.344 e. The second-order valence-corrected chi connectivity index (χ2v) is 10.4. The van der Waals surface area contributed by atoms with Crippen molar-refractivity contribution in [3.8, 4) is 0 Å². The van der Waals surface area contributed by atoms with E-state index >= 15 is 0 Å². The third-order valence-corrected chi connectivity index (χ3v) is 6.83. The summed E-state index contributed by atoms with van der Waals surface area (Å²) in [5.74, 6) is -0.451. The second kappa shape index (κ2) is 9.07. The molecule has 0 spiro atoms. The molecule has 3 aromatic rings. The van der Waals surface area contributed by atoms with E-state index in [0.29, 0.717) is 47.4 Å². The van der Waals surface area contributed by atoms with Gasteiger partial charge in [-0.05, 0) is 42.0 Å². The van der Waals surface area contributed by atoms with Gasteiger partial charge in [-0.3, -0.25) is 19.4 Å². The van der Waals surface area contributed by atoms with Gasteiger partial charge in [-0.15, -0.1) is 0 Å². The highest BCUT2D eigenvalue weighted by molar-refractivity contribution is 6.34. The zero-order valence-electron chi connectivity index (χ0n) is 19.7. The van der Waals surface area contributed by atoms with Crippen molar-refractivity contribution in [1.82, 2.24) is 30.2 Å². The van der Waals surface area contributed by atoms with Crippen LogP contribution in [0.25, 0.3) is 10.9 Å². The number of aromatic nitrogens is 4. The molecule has 180 valence electrons. The van der Waals surface area contributed by atoms with E-state index in [1.54, 1.807) is 11.9 Å². The number of likely N-dealkylation sites (tertiary alicyclic amines) is 1. The predicted octanol–water partition coefficient (Wildman–Crippen LogP) is 3.81. The quantitative estimate of drug-likeness (QED) is 0.500. The number of hydrogen-bond acceptors (Lipinski definition) is 4. The molecule has 4 rings (SSSR count). The van der Waals surface area contributed by atoms with Gasteiger partial charge in [0, 0.05) is 36.2 Å². The lowest BCUT2D eigenvalue weighted by molar-refractivity contribution is -0.130. The van der Waals surface area contributed by atoms with Gasteiger partial charge in [0.2, 0.25) is 5.91 Å². The van der Waals surface area contributed by atoms with Crippen LogP contribution in [0.3, 0.4) is 0 Å². The summed E-state index contributed by atoms with van der Waals surface area (Å²) >= 11 is 13.0. The molecule has 1 aromatic carbocycles. The van der Waals surface area contributed by atoms with Gasteiger partial charge in [0.05, 0.1) is 22.3 Å². The largest absolute Gasteiger partial charge is 0.344 e. The fourth-order valence-corrected chi connectivity index (χ4v) is 4.97. The van der Waals surface area contributed by atoms with Crippen molar-refractivity contribution in [1.29, 1.82) is 0 Å². The summed E-state index contributed by atoms with van der Waals surface area (Å²) < 4.78 is 1.50. The molecule has 0 radical (unpaired) electrons. The number of halogens is 2. The highest BCUT2D eigenvalue weighted by Crippen LogP contribution is 2.34. The van der Waals surface area contributed by atoms with Crippen molar-refractivity contribution in [3.05, 3.63) is 57.5 Å². The first-order chi connectivity index (χ1) is 16.0. The average molecular weight is 503 g/mol. The number of hydrogen-bond donors (Lipinski definition) is 2. The molecule has 1 aliphatic heterocycles. The van der Waals surface area contributed by atoms with Gasteiger partial charge in [0.1, 0.15) is 5.69 Å². The average Bonchev–Trinajstić information content (AvgIpc) is 3.25. The molecule has 2 N–H and O–H groups in total. The predicted molar refractivity (Wildman–Crippen MR) is 133 cm³/mol. The number of carbonyl (C=O) groups excluding carboxylic acids is 2. The molecule has 0 saturated carbocycles. The topological polar surface area (TPSA) is 95.9 Å². The number of benzene rings is 1. The number of carbonyl (C=O) groups is 2. The standard InChI is InChI=1S/C24H28Cl2N6O2/c1-6-20(33)32-11-13(12-32)27-23(34)22-21(26)18(30-31(22)5)8-7-17-14-9-15(24(2,3)4)16(25)10-19(14)29-28-17/h6,9-10,13H,1,7-8,11-12H2,2-5H3,(H,27,34)(H,28,29). The number of rotatable bonds is 6. The number of nitrogens with zero attached hydrogens (tertiary/aromatic N) is 4. The van der Waals surface area contributed by atoms with E-state index in [1.165, 1.54) is 10.8 Å². The van der Waals surface area contributed by atoms with Crippen LogP contribution in [0.5, 0.6) is 0 Å². The normalized spacial score (nSPS) is 14.4. The second-order valence-electron chi connectivity index (χ2n) is 9.65. The lowest BCUT2D eigenvalue weighted by atomic mass is 9.86. The van der Waals surface area contributed by atoms with Crippen LogP contribution in [0.2, 0.25) is 10.0 Å². The van der Waals surface area contributed by atoms with E-state index in [9.17, 15) is 9.59 Å². The lowest BCUT2D eigenvalue weighted by Gasteiger charge is -2.38. The van der Waals surface area contributed by atoms with Crippen molar-refractivity contribution in [2.24, 2.45) is 7.05 Å². The first-order valence-electron chi connectivity index (χ1n) is 11.1. The molecule has 0 bridgehead atoms. The number of H-pyrrole nitrogens is 1. The Bertz CT molecular complexity index is 1280. The molecule has 2 amide bonds. The van der Waals surface area contributed by atoms with E-state index in [0.717, 1.165) is 22.2 Å². The van der Waals surface area contributed by atoms with Gasteiger partial charge < -0.3 is 10.2 Å². The van der Waals surface area contributed by atoms with Gasteiger partial charge in [0.15, 0.2) is 0 Å². The Kier molecular flexibility index (Phi) is 6.48. The zero-order valence-corrected chi connectivity index (χ0v) is 21.2. The Morgan fingerprint density at radius 1 is 1.26 bits per heavy atom. The first-order valence-corrected chi connectivity index (χ1v) is 11.9. The zero-order chi connectivity index (χ0) is 24.8. The Balaban J connectivity index is 1.47. The Hall–Kier alpha value is -2.84. The molecule has 2 aromatic heterocycles. The molecule has 1 fully saturated rings. The molecule has 34 heavy (non-hydrogen) atoms. The molecule has 1 aliphatic rings. The summed E-state index contributed by atoms with van der Waals surface area (Å²) in [6, 6.07) is 3.86. The third-order valence-electron chi connectivity index (χ3n) is 6.12. The molecule has 1 saturated heterocycles. The van der Waals surface area contributed by atoms with Gasteiger partial charge in [-0.1, -0.05) is 50.6 Å². The minimum atomic E-state index is -0.307. The molecule has 3 heterocycles. The SMILES string of the molecule is C=CC(=O)N1CC(NC(=O)c2c(Cl)c(CCc3[nH]nc4cc(Cl)c(C(C)(C)C)cc34)nn2C)C1. The summed E-state index contributed by atoms with van der Waals surface area (Å²) in [6.07, 6.45) is 2.43. The van der Waals surface area contributed by atoms with Crippen LogP contribution < -0.4 is 5.32 Å². The van der Waals surface area contributed by atoms with E-state index in [2.05, 4.69) is 54.0 Å². The smallest absolute Gasteiger partial charge is 0.271 e. The first kappa shape index (κ1) is 24.3. The molecular weight excluding hydrogens is 475 g/mol. The van der Waals surface area contributed by atoms with Crippen molar-refractivity contribution >= 4 is 45.9 Å². The fourth-order valence-electron chi connectivity index (χ4n) is 4.19. The number of aryl methyl sites for hydroxylation is 3. The molecule has 0 unspecified atom stereocenters. The molecular formula is C24H28Cl2N6O2. The van der Waals surface area contributed by atoms with Crippen LogP contribution in [-0.4, -0.2) is 55.8 Å². The maximum Gasteiger partial charge on any atom is 0.271 e. The van der Waals surface area contributed by atoms with Gasteiger partial charge >= 0.3 is 0 Å². The summed E-state index contributed by atoms with van der Waals surface area (Å²) in [6.45, 7) is 10.7. The van der Waals surface area contributed by atoms with Crippen molar-refractivity contribution in [2.45, 2.75) is 45.1 Å². The Morgan fingerprint density at radius 3 is 2.62 bits per heavy atom. The van der Waals surface area contributed by atoms with Crippen LogP contribution in [0.4, 0.5) is 0 Å². The molecule has 10 heteroatoms. The summed E-state index contributed by atoms with van der Waals surface area (Å²) in [5, 5.41) is 16.9. The van der Waals surface area contributed by atoms with Crippen LogP contribution in [0.15, 0.2) is 24.8 Å². The van der Waals surface area contributed by atoms with Gasteiger partial charge in [-0.25, -0.2) is 0 Å². The maximum absolute atomic E-state index is 12.8. The number of nitrogens with one attached hydrogen (secondary N) is 2. The van der Waals surface area contributed by atoms with Crippen LogP contribution in [-0.2, 0) is 30.1 Å². The minimum absolute atomic E-state index is 0.0944. The number of fused-ring (bicyclic) bond motifs is 1. The third kappa shape index (κ3) is 4.57. The van der Waals surface area contributed by atoms with E-state index in [-0.39, 0.29) is 23.3 Å². The highest BCUT2D eigenvalue weighted by atomic mass is 35.5. The fraction of sp³-hybridized carbons (Fsp3) is 0.417. The Morgan fingerprint density at radius 2 is 1.97 bits per heavy atom. The molecule has 0 aliphatic carbocycles. The highest BCUT2D eigenvalue weighted by Gasteiger charge is 2.32. The maximum atomic E-state index is 12.8. The molecule has 8 nitrogen and oxygen atoms in total. The van der Waals surface area contributed by atoms with Crippen LogP contribution >= 0.6 is 23.2 Å². The van der Waals surface area contributed by atoms with E-state index in [4.69, 9.17) is 23.2 Å². The summed E-state index contributed by atoms with van der Waals surface area (Å²) in [5.41, 5.74) is 3.68. The van der Waals surface area contributed by atoms with Gasteiger partial charge in [-0.2, -0.15) is 10.2 Å². The van der Waals surface area contributed by atoms with Gasteiger partial charge in [0.25, 0.3) is 5.91 Å². The number of aromatic amines is 1. The summed E-state index contributed by atoms with van der Waals surface area (Å²) in [7, 11) is 1.70. The lowest BCUT2D eigenvalue weighted by Crippen LogP contribution is -2.60. The van der Waals surface area contributed by atoms with Crippen molar-refractivity contribution < 1.29 is 9.59 Å². The van der Waals surface area contributed by atoms with Crippen LogP contribution in [0, 0.1) is 0 Å². The van der Waals surface area contributed by atoms with Crippen molar-refractivity contribution in [2.75, 3.05) is 13.1 Å². The van der Waals surface area contributed by atoms with Crippen molar-refractivity contribution in [3.63, 3.8) is 0 Å². The number of amides is 2. The van der Waals surface area contributed by atoms with Crippen LogP contribution in [0.1, 0.15) is 48.2 Å². The summed E-state index contributed by atoms with van der Waals surface area (Å²) in [4.78, 5) is 26.0. The molecule has 0 atom stereocenters. The Labute approximate surface area is 208 Å².